The Balaban J connectivity index is 0.00000324. The molecule has 0 aromatic heterocycles. The average Bonchev–Trinajstić information content (AvgIpc) is 2.85. The highest BCUT2D eigenvalue weighted by Gasteiger charge is 2.33. The molecule has 0 radical (unpaired) electrons. The van der Waals surface area contributed by atoms with Gasteiger partial charge >= 0.3 is 6.03 Å². The number of rotatable bonds is 5. The Morgan fingerprint density at radius 2 is 1.95 bits per heavy atom. The number of amides is 3. The molecule has 6 nitrogen and oxygen atoms in total. The van der Waals surface area contributed by atoms with E-state index in [0.717, 1.165) is 19.3 Å². The summed E-state index contributed by atoms with van der Waals surface area (Å²) in [6, 6.07) is -0.960. The number of hydrogen-bond donors (Lipinski definition) is 3. The minimum absolute atomic E-state index is 0. The van der Waals surface area contributed by atoms with Crippen LogP contribution in [0.5, 0.6) is 0 Å². The first-order valence-electron chi connectivity index (χ1n) is 6.56. The second kappa shape index (κ2) is 7.55. The lowest BCUT2D eigenvalue weighted by molar-refractivity contribution is -0.124. The van der Waals surface area contributed by atoms with Gasteiger partial charge in [-0.05, 0) is 25.7 Å². The summed E-state index contributed by atoms with van der Waals surface area (Å²) in [6.45, 7) is 4.99. The summed E-state index contributed by atoms with van der Waals surface area (Å²) in [7, 11) is 0. The molecular formula is C12H25ClN4O2. The van der Waals surface area contributed by atoms with Crippen LogP contribution in [-0.4, -0.2) is 41.5 Å². The molecular weight excluding hydrogens is 268 g/mol. The summed E-state index contributed by atoms with van der Waals surface area (Å²) >= 11 is 0. The maximum atomic E-state index is 12.0. The number of carbonyl (C=O) groups excluding carboxylic acids is 2. The van der Waals surface area contributed by atoms with Crippen LogP contribution in [0.2, 0.25) is 0 Å². The summed E-state index contributed by atoms with van der Waals surface area (Å²) in [5, 5.41) is 2.84. The summed E-state index contributed by atoms with van der Waals surface area (Å²) in [4.78, 5) is 24.6. The number of urea groups is 1. The van der Waals surface area contributed by atoms with Crippen molar-refractivity contribution in [1.29, 1.82) is 0 Å². The van der Waals surface area contributed by atoms with Crippen LogP contribution in [-0.2, 0) is 4.79 Å². The number of nitrogens with one attached hydrogen (secondary N) is 1. The molecule has 1 aliphatic heterocycles. The lowest BCUT2D eigenvalue weighted by Crippen LogP contribution is -2.54. The van der Waals surface area contributed by atoms with Gasteiger partial charge in [0.1, 0.15) is 6.04 Å². The van der Waals surface area contributed by atoms with Gasteiger partial charge in [-0.2, -0.15) is 0 Å². The molecule has 1 saturated heterocycles. The van der Waals surface area contributed by atoms with Gasteiger partial charge in [0.25, 0.3) is 0 Å². The molecule has 7 heteroatoms. The Hall–Kier alpha value is -1.01. The van der Waals surface area contributed by atoms with E-state index in [1.807, 2.05) is 13.8 Å². The van der Waals surface area contributed by atoms with Gasteiger partial charge in [-0.15, -0.1) is 12.4 Å². The van der Waals surface area contributed by atoms with Gasteiger partial charge in [0, 0.05) is 18.6 Å². The Morgan fingerprint density at radius 1 is 1.37 bits per heavy atom. The number of primary amides is 1. The number of halogens is 1. The van der Waals surface area contributed by atoms with E-state index in [1.54, 1.807) is 0 Å². The van der Waals surface area contributed by atoms with Gasteiger partial charge in [0.15, 0.2) is 0 Å². The van der Waals surface area contributed by atoms with E-state index >= 15 is 0 Å². The number of likely N-dealkylation sites (tertiary alicyclic amines) is 1. The predicted octanol–water partition coefficient (Wildman–Crippen LogP) is 0.585. The van der Waals surface area contributed by atoms with Crippen LogP contribution in [0.3, 0.4) is 0 Å². The van der Waals surface area contributed by atoms with Crippen molar-refractivity contribution in [2.24, 2.45) is 11.5 Å². The number of hydrogen-bond acceptors (Lipinski definition) is 3. The van der Waals surface area contributed by atoms with Crippen molar-refractivity contribution < 1.29 is 9.59 Å². The van der Waals surface area contributed by atoms with Gasteiger partial charge in [-0.25, -0.2) is 4.79 Å². The molecule has 0 aliphatic carbocycles. The third kappa shape index (κ3) is 4.54. The number of nitrogens with two attached hydrogens (primary N) is 2. The van der Waals surface area contributed by atoms with Gasteiger partial charge in [-0.1, -0.05) is 13.8 Å². The molecule has 3 amide bonds. The van der Waals surface area contributed by atoms with E-state index in [1.165, 1.54) is 4.90 Å². The normalized spacial score (nSPS) is 18.9. The number of nitrogens with zero attached hydrogens (tertiary/aromatic N) is 1. The lowest BCUT2D eigenvalue weighted by atomic mass is 9.94. The zero-order valence-corrected chi connectivity index (χ0v) is 12.5. The summed E-state index contributed by atoms with van der Waals surface area (Å²) in [5.41, 5.74) is 11.0. The van der Waals surface area contributed by atoms with E-state index in [0.29, 0.717) is 19.5 Å². The molecule has 19 heavy (non-hydrogen) atoms. The first-order valence-corrected chi connectivity index (χ1v) is 6.56. The minimum atomic E-state index is -0.530. The zero-order valence-electron chi connectivity index (χ0n) is 11.6. The van der Waals surface area contributed by atoms with Crippen LogP contribution in [0.25, 0.3) is 0 Å². The minimum Gasteiger partial charge on any atom is -0.352 e. The first kappa shape index (κ1) is 18.0. The highest BCUT2D eigenvalue weighted by Crippen LogP contribution is 2.17. The molecule has 0 aromatic carbocycles. The maximum absolute atomic E-state index is 12.0. The van der Waals surface area contributed by atoms with Crippen molar-refractivity contribution in [2.45, 2.75) is 51.1 Å². The largest absolute Gasteiger partial charge is 0.352 e. The fraction of sp³-hybridized carbons (Fsp3) is 0.833. The molecule has 1 rings (SSSR count). The zero-order chi connectivity index (χ0) is 13.8. The molecule has 1 atom stereocenters. The van der Waals surface area contributed by atoms with E-state index in [9.17, 15) is 9.59 Å². The molecule has 0 bridgehead atoms. The Morgan fingerprint density at radius 3 is 2.42 bits per heavy atom. The quantitative estimate of drug-likeness (QED) is 0.691. The van der Waals surface area contributed by atoms with Crippen LogP contribution in [0.15, 0.2) is 0 Å². The van der Waals surface area contributed by atoms with E-state index in [2.05, 4.69) is 5.32 Å². The average molecular weight is 293 g/mol. The molecule has 0 unspecified atom stereocenters. The molecule has 112 valence electrons. The highest BCUT2D eigenvalue weighted by molar-refractivity contribution is 5.87. The monoisotopic (exact) mass is 292 g/mol. The van der Waals surface area contributed by atoms with Gasteiger partial charge in [-0.3, -0.25) is 4.79 Å². The lowest BCUT2D eigenvalue weighted by Gasteiger charge is -2.29. The molecule has 1 fully saturated rings. The number of carbonyl (C=O) groups is 2. The maximum Gasteiger partial charge on any atom is 0.315 e. The van der Waals surface area contributed by atoms with E-state index in [-0.39, 0.29) is 23.9 Å². The smallest absolute Gasteiger partial charge is 0.315 e. The van der Waals surface area contributed by atoms with Crippen LogP contribution in [0.4, 0.5) is 4.79 Å². The van der Waals surface area contributed by atoms with Crippen molar-refractivity contribution in [3.05, 3.63) is 0 Å². The van der Waals surface area contributed by atoms with Gasteiger partial charge in [0.05, 0.1) is 0 Å². The summed E-state index contributed by atoms with van der Waals surface area (Å²) in [5.74, 6) is -0.150. The van der Waals surface area contributed by atoms with Crippen molar-refractivity contribution in [3.63, 3.8) is 0 Å². The summed E-state index contributed by atoms with van der Waals surface area (Å²) < 4.78 is 0. The topological polar surface area (TPSA) is 101 Å². The van der Waals surface area contributed by atoms with E-state index < -0.39 is 12.1 Å². The van der Waals surface area contributed by atoms with Crippen LogP contribution in [0, 0.1) is 0 Å². The fourth-order valence-electron chi connectivity index (χ4n) is 2.18. The van der Waals surface area contributed by atoms with Crippen molar-refractivity contribution in [2.75, 3.05) is 13.1 Å². The van der Waals surface area contributed by atoms with Crippen molar-refractivity contribution in [1.82, 2.24) is 10.2 Å². The summed E-state index contributed by atoms with van der Waals surface area (Å²) in [6.07, 6.45) is 3.09. The van der Waals surface area contributed by atoms with Gasteiger partial charge in [0.2, 0.25) is 5.91 Å². The van der Waals surface area contributed by atoms with Crippen LogP contribution < -0.4 is 16.8 Å². The highest BCUT2D eigenvalue weighted by atomic mass is 35.5. The Bertz CT molecular complexity index is 321. The Kier molecular flexibility index (Phi) is 7.15. The molecule has 1 heterocycles. The van der Waals surface area contributed by atoms with Crippen LogP contribution in [0.1, 0.15) is 39.5 Å². The third-order valence-corrected chi connectivity index (χ3v) is 3.86. The van der Waals surface area contributed by atoms with E-state index in [4.69, 9.17) is 11.5 Å². The van der Waals surface area contributed by atoms with Gasteiger partial charge < -0.3 is 21.7 Å². The Labute approximate surface area is 120 Å². The second-order valence-electron chi connectivity index (χ2n) is 4.98. The molecule has 5 N–H and O–H groups in total. The third-order valence-electron chi connectivity index (χ3n) is 3.86. The molecule has 1 aliphatic rings. The molecule has 0 aromatic rings. The fourth-order valence-corrected chi connectivity index (χ4v) is 2.18. The molecule has 0 saturated carbocycles. The van der Waals surface area contributed by atoms with Crippen molar-refractivity contribution >= 4 is 24.3 Å². The standard InChI is InChI=1S/C12H24N4O2.ClH/c1-3-12(14,4-2)8-15-10(17)9-6-5-7-16(9)11(13)18;/h9H,3-8,14H2,1-2H3,(H2,13,18)(H,15,17);1H/t9-;/m0./s1. The second-order valence-corrected chi connectivity index (χ2v) is 4.98. The molecule has 0 spiro atoms. The SMILES string of the molecule is CCC(N)(CC)CNC(=O)[C@@H]1CCCN1C(N)=O.Cl. The first-order chi connectivity index (χ1) is 8.43. The predicted molar refractivity (Wildman–Crippen MR) is 77.1 cm³/mol. The van der Waals surface area contributed by atoms with Crippen molar-refractivity contribution in [3.8, 4) is 0 Å². The van der Waals surface area contributed by atoms with Crippen LogP contribution >= 0.6 is 12.4 Å².